The Balaban J connectivity index is 0.000000184. The number of hydrogen-bond acceptors (Lipinski definition) is 3. The van der Waals surface area contributed by atoms with E-state index in [4.69, 9.17) is 10.5 Å². The highest BCUT2D eigenvalue weighted by Gasteiger charge is 2.05. The van der Waals surface area contributed by atoms with Crippen LogP contribution in [-0.2, 0) is 4.74 Å². The van der Waals surface area contributed by atoms with Gasteiger partial charge in [0.15, 0.2) is 0 Å². The molecule has 18 heavy (non-hydrogen) atoms. The Morgan fingerprint density at radius 1 is 1.17 bits per heavy atom. The summed E-state index contributed by atoms with van der Waals surface area (Å²) in [4.78, 5) is 2.39. The molecule has 1 heterocycles. The zero-order valence-corrected chi connectivity index (χ0v) is 11.9. The molecule has 1 saturated heterocycles. The van der Waals surface area contributed by atoms with Gasteiger partial charge in [-0.1, -0.05) is 32.9 Å². The molecule has 102 valence electrons. The predicted octanol–water partition coefficient (Wildman–Crippen LogP) is 2.73. The highest BCUT2D eigenvalue weighted by molar-refractivity contribution is 5.39. The minimum absolute atomic E-state index is 0.598. The summed E-state index contributed by atoms with van der Waals surface area (Å²) in [6, 6.07) is 8.02. The summed E-state index contributed by atoms with van der Waals surface area (Å²) < 4.78 is 5.16. The van der Waals surface area contributed by atoms with Crippen molar-refractivity contribution < 1.29 is 4.74 Å². The van der Waals surface area contributed by atoms with E-state index in [9.17, 15) is 0 Å². The normalized spacial score (nSPS) is 16.2. The van der Waals surface area contributed by atoms with E-state index in [1.165, 1.54) is 12.1 Å². The maximum atomic E-state index is 5.53. The molecule has 0 radical (unpaired) electrons. The van der Waals surface area contributed by atoms with Gasteiger partial charge in [0.2, 0.25) is 0 Å². The minimum atomic E-state index is 0.598. The van der Waals surface area contributed by atoms with Gasteiger partial charge in [-0.2, -0.15) is 0 Å². The van der Waals surface area contributed by atoms with Gasteiger partial charge in [0.1, 0.15) is 0 Å². The summed E-state index contributed by atoms with van der Waals surface area (Å²) in [6.45, 7) is 11.8. The Bertz CT molecular complexity index is 316. The molecule has 0 bridgehead atoms. The quantitative estimate of drug-likeness (QED) is 0.820. The van der Waals surface area contributed by atoms with Crippen LogP contribution in [0.15, 0.2) is 24.3 Å². The smallest absolute Gasteiger partial charge is 0.0594 e. The molecular weight excluding hydrogens is 224 g/mol. The van der Waals surface area contributed by atoms with Gasteiger partial charge in [-0.3, -0.25) is 4.90 Å². The maximum absolute atomic E-state index is 5.53. The van der Waals surface area contributed by atoms with Crippen molar-refractivity contribution in [2.45, 2.75) is 26.7 Å². The van der Waals surface area contributed by atoms with Gasteiger partial charge in [0.05, 0.1) is 13.2 Å². The van der Waals surface area contributed by atoms with Gasteiger partial charge in [0.25, 0.3) is 0 Å². The summed E-state index contributed by atoms with van der Waals surface area (Å²) in [5.41, 5.74) is 7.71. The fraction of sp³-hybridized carbons (Fsp3) is 0.600. The Kier molecular flexibility index (Phi) is 6.76. The Morgan fingerprint density at radius 3 is 2.11 bits per heavy atom. The van der Waals surface area contributed by atoms with Crippen molar-refractivity contribution in [3.63, 3.8) is 0 Å². The van der Waals surface area contributed by atoms with E-state index in [-0.39, 0.29) is 0 Å². The molecule has 3 heteroatoms. The van der Waals surface area contributed by atoms with Crippen LogP contribution < -0.4 is 5.73 Å². The van der Waals surface area contributed by atoms with E-state index in [1.807, 2.05) is 12.1 Å². The van der Waals surface area contributed by atoms with Crippen molar-refractivity contribution in [2.24, 2.45) is 0 Å². The number of rotatable bonds is 2. The molecular formula is C15H26N2O. The second kappa shape index (κ2) is 8.11. The molecule has 1 aliphatic heterocycles. The van der Waals surface area contributed by atoms with Gasteiger partial charge in [-0.15, -0.1) is 0 Å². The number of nitrogens with two attached hydrogens (primary N) is 1. The van der Waals surface area contributed by atoms with E-state index in [0.717, 1.165) is 32.0 Å². The first-order valence-corrected chi connectivity index (χ1v) is 6.79. The maximum Gasteiger partial charge on any atom is 0.0594 e. The van der Waals surface area contributed by atoms with Crippen LogP contribution in [0, 0.1) is 0 Å². The van der Waals surface area contributed by atoms with Crippen LogP contribution in [0.3, 0.4) is 0 Å². The molecule has 3 nitrogen and oxygen atoms in total. The number of morpholine rings is 1. The molecule has 1 fully saturated rings. The zero-order chi connectivity index (χ0) is 13.4. The van der Waals surface area contributed by atoms with Crippen molar-refractivity contribution in [3.05, 3.63) is 29.8 Å². The highest BCUT2D eigenvalue weighted by atomic mass is 16.5. The second-order valence-corrected chi connectivity index (χ2v) is 4.87. The van der Waals surface area contributed by atoms with Gasteiger partial charge < -0.3 is 10.5 Å². The number of hydrogen-bond donors (Lipinski definition) is 1. The van der Waals surface area contributed by atoms with Crippen LogP contribution in [0.1, 0.15) is 32.3 Å². The third-order valence-electron chi connectivity index (χ3n) is 3.15. The average Bonchev–Trinajstić information content (AvgIpc) is 2.41. The number of nitrogen functional groups attached to an aromatic ring is 1. The van der Waals surface area contributed by atoms with Crippen molar-refractivity contribution >= 4 is 5.69 Å². The van der Waals surface area contributed by atoms with Crippen molar-refractivity contribution in [1.82, 2.24) is 4.90 Å². The van der Waals surface area contributed by atoms with Gasteiger partial charge in [-0.05, 0) is 30.2 Å². The SMILES string of the molecule is CC(C)c1ccc(N)cc1.CCN1CCOCC1. The molecule has 2 N–H and O–H groups in total. The van der Waals surface area contributed by atoms with E-state index >= 15 is 0 Å². The van der Waals surface area contributed by atoms with Crippen LogP contribution in [-0.4, -0.2) is 37.7 Å². The average molecular weight is 250 g/mol. The largest absolute Gasteiger partial charge is 0.399 e. The highest BCUT2D eigenvalue weighted by Crippen LogP contribution is 2.14. The molecule has 0 saturated carbocycles. The van der Waals surface area contributed by atoms with Gasteiger partial charge in [0, 0.05) is 18.8 Å². The zero-order valence-electron chi connectivity index (χ0n) is 11.9. The number of likely N-dealkylation sites (N-methyl/N-ethyl adjacent to an activating group) is 1. The summed E-state index contributed by atoms with van der Waals surface area (Å²) in [5, 5.41) is 0. The number of benzene rings is 1. The van der Waals surface area contributed by atoms with E-state index in [1.54, 1.807) is 0 Å². The van der Waals surface area contributed by atoms with E-state index in [0.29, 0.717) is 5.92 Å². The van der Waals surface area contributed by atoms with E-state index < -0.39 is 0 Å². The molecule has 1 aliphatic rings. The first-order chi connectivity index (χ1) is 8.63. The predicted molar refractivity (Wildman–Crippen MR) is 77.9 cm³/mol. The Labute approximate surface area is 111 Å². The van der Waals surface area contributed by atoms with Gasteiger partial charge in [-0.25, -0.2) is 0 Å². The summed E-state index contributed by atoms with van der Waals surface area (Å²) in [7, 11) is 0. The Hall–Kier alpha value is -1.06. The molecule has 0 atom stereocenters. The summed E-state index contributed by atoms with van der Waals surface area (Å²) in [5.74, 6) is 0.598. The van der Waals surface area contributed by atoms with Gasteiger partial charge >= 0.3 is 0 Å². The molecule has 0 aromatic heterocycles. The van der Waals surface area contributed by atoms with Crippen molar-refractivity contribution in [1.29, 1.82) is 0 Å². The molecule has 0 aliphatic carbocycles. The van der Waals surface area contributed by atoms with E-state index in [2.05, 4.69) is 37.8 Å². The standard InChI is InChI=1S/C9H13N.C6H13NO/c1-7(2)8-3-5-9(10)6-4-8;1-2-7-3-5-8-6-4-7/h3-7H,10H2,1-2H3;2-6H2,1H3. The summed E-state index contributed by atoms with van der Waals surface area (Å²) in [6.07, 6.45) is 0. The first-order valence-electron chi connectivity index (χ1n) is 6.79. The molecule has 0 spiro atoms. The van der Waals surface area contributed by atoms with Crippen LogP contribution in [0.4, 0.5) is 5.69 Å². The second-order valence-electron chi connectivity index (χ2n) is 4.87. The Morgan fingerprint density at radius 2 is 1.72 bits per heavy atom. The molecule has 2 rings (SSSR count). The lowest BCUT2D eigenvalue weighted by Crippen LogP contribution is -2.35. The van der Waals surface area contributed by atoms with Crippen molar-refractivity contribution in [2.75, 3.05) is 38.6 Å². The third kappa shape index (κ3) is 5.52. The fourth-order valence-corrected chi connectivity index (χ4v) is 1.80. The third-order valence-corrected chi connectivity index (χ3v) is 3.15. The lowest BCUT2D eigenvalue weighted by atomic mass is 10.0. The summed E-state index contributed by atoms with van der Waals surface area (Å²) >= 11 is 0. The lowest BCUT2D eigenvalue weighted by molar-refractivity contribution is 0.0405. The minimum Gasteiger partial charge on any atom is -0.399 e. The van der Waals surface area contributed by atoms with Crippen LogP contribution in [0.2, 0.25) is 0 Å². The number of nitrogens with zero attached hydrogens (tertiary/aromatic N) is 1. The fourth-order valence-electron chi connectivity index (χ4n) is 1.80. The molecule has 1 aromatic rings. The van der Waals surface area contributed by atoms with Crippen LogP contribution in [0.25, 0.3) is 0 Å². The van der Waals surface area contributed by atoms with Crippen LogP contribution in [0.5, 0.6) is 0 Å². The molecule has 0 amide bonds. The van der Waals surface area contributed by atoms with Crippen molar-refractivity contribution in [3.8, 4) is 0 Å². The van der Waals surface area contributed by atoms with Crippen LogP contribution >= 0.6 is 0 Å². The topological polar surface area (TPSA) is 38.5 Å². The first kappa shape index (κ1) is 15.0. The number of ether oxygens (including phenoxy) is 1. The monoisotopic (exact) mass is 250 g/mol. The molecule has 0 unspecified atom stereocenters. The number of anilines is 1. The lowest BCUT2D eigenvalue weighted by Gasteiger charge is -2.24. The molecule has 1 aromatic carbocycles.